The van der Waals surface area contributed by atoms with Crippen LogP contribution in [0.3, 0.4) is 0 Å². The molecule has 0 saturated carbocycles. The van der Waals surface area contributed by atoms with Gasteiger partial charge < -0.3 is 26.4 Å². The molecule has 2 atom stereocenters. The Kier molecular flexibility index (Phi) is 18.0. The molecule has 5 N–H and O–H groups in total. The fourth-order valence-electron chi connectivity index (χ4n) is 3.33. The number of nitrogens with two attached hydrogens (primary N) is 1. The van der Waals surface area contributed by atoms with Gasteiger partial charge >= 0.3 is 6.09 Å². The van der Waals surface area contributed by atoms with Crippen molar-refractivity contribution in [2.75, 3.05) is 13.7 Å². The van der Waals surface area contributed by atoms with E-state index in [2.05, 4.69) is 27.6 Å². The Labute approximate surface area is 193 Å². The quantitative estimate of drug-likeness (QED) is 0.221. The van der Waals surface area contributed by atoms with Crippen LogP contribution in [0.5, 0.6) is 0 Å². The third-order valence-electron chi connectivity index (χ3n) is 5.19. The predicted octanol–water partition coefficient (Wildman–Crippen LogP) is 2.91. The molecule has 0 fully saturated rings. The largest absolute Gasteiger partial charge is 0.453 e. The first-order valence-corrected chi connectivity index (χ1v) is 12.0. The van der Waals surface area contributed by atoms with Crippen molar-refractivity contribution in [3.63, 3.8) is 0 Å². The van der Waals surface area contributed by atoms with Crippen LogP contribution in [0.25, 0.3) is 0 Å². The van der Waals surface area contributed by atoms with Crippen LogP contribution in [0.15, 0.2) is 0 Å². The van der Waals surface area contributed by atoms with Crippen LogP contribution in [0.4, 0.5) is 4.79 Å². The molecule has 0 aromatic carbocycles. The van der Waals surface area contributed by atoms with Crippen LogP contribution in [0, 0.1) is 0 Å². The van der Waals surface area contributed by atoms with Gasteiger partial charge in [-0.3, -0.25) is 14.4 Å². The smallest absolute Gasteiger partial charge is 0.406 e. The van der Waals surface area contributed by atoms with E-state index in [9.17, 15) is 19.2 Å². The van der Waals surface area contributed by atoms with E-state index in [1.165, 1.54) is 58.5 Å². The van der Waals surface area contributed by atoms with Crippen LogP contribution in [0.2, 0.25) is 0 Å². The Bertz CT molecular complexity index is 557. The third kappa shape index (κ3) is 17.4. The molecule has 0 rings (SSSR count). The van der Waals surface area contributed by atoms with Crippen molar-refractivity contribution in [1.29, 1.82) is 0 Å². The second kappa shape index (κ2) is 19.4. The molecule has 0 aliphatic carbocycles. The SMILES string of the molecule is CCCCCCCCCCCCCC(=O)NC(CC(N)=O)C(=O)NC(C)CNC(=O)OC. The number of primary amides is 1. The number of rotatable bonds is 19. The molecule has 2 unspecified atom stereocenters. The van der Waals surface area contributed by atoms with Crippen LogP contribution in [-0.4, -0.2) is 49.6 Å². The van der Waals surface area contributed by atoms with Gasteiger partial charge in [0.05, 0.1) is 13.5 Å². The molecule has 4 amide bonds. The summed E-state index contributed by atoms with van der Waals surface area (Å²) >= 11 is 0. The number of unbranched alkanes of at least 4 members (excludes halogenated alkanes) is 10. The van der Waals surface area contributed by atoms with E-state index in [-0.39, 0.29) is 18.9 Å². The Hall–Kier alpha value is -2.32. The van der Waals surface area contributed by atoms with Gasteiger partial charge in [-0.2, -0.15) is 0 Å². The molecule has 0 aliphatic heterocycles. The molecule has 186 valence electrons. The van der Waals surface area contributed by atoms with Gasteiger partial charge in [-0.1, -0.05) is 71.1 Å². The molecule has 9 nitrogen and oxygen atoms in total. The maximum Gasteiger partial charge on any atom is 0.406 e. The molecule has 0 saturated heterocycles. The summed E-state index contributed by atoms with van der Waals surface area (Å²) in [4.78, 5) is 47.1. The molecule has 0 aromatic rings. The summed E-state index contributed by atoms with van der Waals surface area (Å²) in [6.45, 7) is 4.05. The van der Waals surface area contributed by atoms with E-state index in [4.69, 9.17) is 5.73 Å². The van der Waals surface area contributed by atoms with Gasteiger partial charge in [0.15, 0.2) is 0 Å². The molecular formula is C23H44N4O5. The van der Waals surface area contributed by atoms with Crippen molar-refractivity contribution in [2.45, 2.75) is 109 Å². The Morgan fingerprint density at radius 1 is 0.844 bits per heavy atom. The minimum atomic E-state index is -1.03. The molecule has 9 heteroatoms. The number of hydrogen-bond donors (Lipinski definition) is 4. The number of alkyl carbamates (subject to hydrolysis) is 1. The van der Waals surface area contributed by atoms with E-state index < -0.39 is 30.0 Å². The predicted molar refractivity (Wildman–Crippen MR) is 125 cm³/mol. The molecule has 0 bridgehead atoms. The van der Waals surface area contributed by atoms with Crippen molar-refractivity contribution in [3.05, 3.63) is 0 Å². The molecule has 32 heavy (non-hydrogen) atoms. The van der Waals surface area contributed by atoms with E-state index in [0.717, 1.165) is 19.3 Å². The number of nitrogens with one attached hydrogen (secondary N) is 3. The lowest BCUT2D eigenvalue weighted by molar-refractivity contribution is -0.131. The molecule has 0 aliphatic rings. The molecular weight excluding hydrogens is 412 g/mol. The zero-order valence-corrected chi connectivity index (χ0v) is 20.2. The minimum Gasteiger partial charge on any atom is -0.453 e. The van der Waals surface area contributed by atoms with E-state index in [0.29, 0.717) is 6.42 Å². The normalized spacial score (nSPS) is 12.5. The minimum absolute atomic E-state index is 0.147. The van der Waals surface area contributed by atoms with Crippen molar-refractivity contribution in [1.82, 2.24) is 16.0 Å². The first kappa shape index (κ1) is 29.7. The summed E-state index contributed by atoms with van der Waals surface area (Å²) in [5.41, 5.74) is 5.22. The van der Waals surface area contributed by atoms with Gasteiger partial charge in [0.2, 0.25) is 17.7 Å². The fourth-order valence-corrected chi connectivity index (χ4v) is 3.33. The van der Waals surface area contributed by atoms with Crippen molar-refractivity contribution in [3.8, 4) is 0 Å². The number of hydrogen-bond acceptors (Lipinski definition) is 5. The van der Waals surface area contributed by atoms with Gasteiger partial charge in [0.1, 0.15) is 6.04 Å². The lowest BCUT2D eigenvalue weighted by Gasteiger charge is -2.20. The van der Waals surface area contributed by atoms with Crippen LogP contribution in [-0.2, 0) is 19.1 Å². The van der Waals surface area contributed by atoms with Gasteiger partial charge in [-0.05, 0) is 13.3 Å². The highest BCUT2D eigenvalue weighted by molar-refractivity contribution is 5.91. The number of carbonyl (C=O) groups is 4. The zero-order chi connectivity index (χ0) is 24.2. The average molecular weight is 457 g/mol. The zero-order valence-electron chi connectivity index (χ0n) is 20.2. The van der Waals surface area contributed by atoms with Gasteiger partial charge in [0, 0.05) is 19.0 Å². The van der Waals surface area contributed by atoms with Crippen LogP contribution in [0.1, 0.15) is 97.3 Å². The number of methoxy groups -OCH3 is 1. The first-order valence-electron chi connectivity index (χ1n) is 12.0. The summed E-state index contributed by atoms with van der Waals surface area (Å²) in [5, 5.41) is 7.72. The summed E-state index contributed by atoms with van der Waals surface area (Å²) in [6.07, 6.45) is 12.5. The average Bonchev–Trinajstić information content (AvgIpc) is 2.74. The number of amides is 4. The molecule has 0 spiro atoms. The lowest BCUT2D eigenvalue weighted by atomic mass is 10.0. The Morgan fingerprint density at radius 2 is 1.38 bits per heavy atom. The highest BCUT2D eigenvalue weighted by atomic mass is 16.5. The van der Waals surface area contributed by atoms with Gasteiger partial charge in [0.25, 0.3) is 0 Å². The second-order valence-electron chi connectivity index (χ2n) is 8.36. The van der Waals surface area contributed by atoms with Crippen molar-refractivity contribution < 1.29 is 23.9 Å². The summed E-state index contributed by atoms with van der Waals surface area (Å²) in [7, 11) is 1.24. The molecule has 0 radical (unpaired) electrons. The van der Waals surface area contributed by atoms with E-state index in [1.807, 2.05) is 0 Å². The Balaban J connectivity index is 4.11. The van der Waals surface area contributed by atoms with E-state index >= 15 is 0 Å². The highest BCUT2D eigenvalue weighted by Crippen LogP contribution is 2.12. The third-order valence-corrected chi connectivity index (χ3v) is 5.19. The number of ether oxygens (including phenoxy) is 1. The maximum atomic E-state index is 12.4. The topological polar surface area (TPSA) is 140 Å². The molecule has 0 heterocycles. The molecule has 0 aromatic heterocycles. The van der Waals surface area contributed by atoms with Gasteiger partial charge in [-0.15, -0.1) is 0 Å². The highest BCUT2D eigenvalue weighted by Gasteiger charge is 2.24. The second-order valence-corrected chi connectivity index (χ2v) is 8.36. The monoisotopic (exact) mass is 456 g/mol. The number of carbonyl (C=O) groups excluding carboxylic acids is 4. The fraction of sp³-hybridized carbons (Fsp3) is 0.826. The van der Waals surface area contributed by atoms with Crippen molar-refractivity contribution >= 4 is 23.8 Å². The lowest BCUT2D eigenvalue weighted by Crippen LogP contribution is -2.52. The summed E-state index contributed by atoms with van der Waals surface area (Å²) in [6, 6.07) is -1.45. The van der Waals surface area contributed by atoms with Crippen LogP contribution < -0.4 is 21.7 Å². The van der Waals surface area contributed by atoms with Crippen molar-refractivity contribution in [2.24, 2.45) is 5.73 Å². The summed E-state index contributed by atoms with van der Waals surface area (Å²) < 4.78 is 4.47. The first-order chi connectivity index (χ1) is 15.3. The standard InChI is InChI=1S/C23H44N4O5/c1-4-5-6-7-8-9-10-11-12-13-14-15-21(29)27-19(16-20(24)28)22(30)26-18(2)17-25-23(31)32-3/h18-19H,4-17H2,1-3H3,(H2,24,28)(H,25,31)(H,26,30)(H,27,29). The summed E-state index contributed by atoms with van der Waals surface area (Å²) in [5.74, 6) is -1.47. The van der Waals surface area contributed by atoms with E-state index in [1.54, 1.807) is 6.92 Å². The maximum absolute atomic E-state index is 12.4. The van der Waals surface area contributed by atoms with Crippen LogP contribution >= 0.6 is 0 Å². The van der Waals surface area contributed by atoms with Gasteiger partial charge in [-0.25, -0.2) is 4.79 Å². The Morgan fingerprint density at radius 3 is 1.88 bits per heavy atom.